The Balaban J connectivity index is 1.11. The zero-order valence-corrected chi connectivity index (χ0v) is 27.0. The van der Waals surface area contributed by atoms with Gasteiger partial charge in [-0.15, -0.1) is 0 Å². The van der Waals surface area contributed by atoms with Crippen molar-refractivity contribution in [1.82, 2.24) is 9.80 Å². The number of esters is 1. The van der Waals surface area contributed by atoms with Gasteiger partial charge in [-0.05, 0) is 92.5 Å². The van der Waals surface area contributed by atoms with Crippen molar-refractivity contribution in [2.24, 2.45) is 0 Å². The van der Waals surface area contributed by atoms with Gasteiger partial charge in [0, 0.05) is 49.7 Å². The standard InChI is InChI=1S/C34H39Cl2N5O4/c1-2-45-31(42)22-24-7-6-8-26(19-24)33(43)37-27-9-11-28(12-10-27)40-15-17-41(18-16-40)34(44)38-32-29(35)20-25(21-30(32)36)23-39-13-4-3-5-14-39/h6-12,19-21H,2-5,13-18,22-23H2,1H3,(H,37,43)(H,38,44). The van der Waals surface area contributed by atoms with Crippen LogP contribution >= 0.6 is 23.2 Å². The summed E-state index contributed by atoms with van der Waals surface area (Å²) < 4.78 is 5.00. The molecule has 3 aromatic rings. The van der Waals surface area contributed by atoms with E-state index in [1.807, 2.05) is 36.4 Å². The number of urea groups is 1. The van der Waals surface area contributed by atoms with E-state index in [0.717, 1.165) is 36.4 Å². The smallest absolute Gasteiger partial charge is 0.322 e. The molecule has 0 unspecified atom stereocenters. The van der Waals surface area contributed by atoms with Crippen LogP contribution in [0, 0.1) is 0 Å². The van der Waals surface area contributed by atoms with E-state index in [1.165, 1.54) is 19.3 Å². The Morgan fingerprint density at radius 2 is 1.49 bits per heavy atom. The average molecular weight is 653 g/mol. The lowest BCUT2D eigenvalue weighted by Gasteiger charge is -2.36. The highest BCUT2D eigenvalue weighted by Gasteiger charge is 2.23. The first-order valence-corrected chi connectivity index (χ1v) is 16.2. The molecule has 0 atom stereocenters. The molecule has 238 valence electrons. The van der Waals surface area contributed by atoms with E-state index in [2.05, 4.69) is 20.4 Å². The molecule has 0 radical (unpaired) electrons. The molecule has 0 aliphatic carbocycles. The van der Waals surface area contributed by atoms with E-state index in [9.17, 15) is 14.4 Å². The summed E-state index contributed by atoms with van der Waals surface area (Å²) in [5.74, 6) is -0.584. The van der Waals surface area contributed by atoms with Crippen LogP contribution in [0.2, 0.25) is 10.0 Å². The van der Waals surface area contributed by atoms with Gasteiger partial charge in [-0.3, -0.25) is 14.5 Å². The fourth-order valence-corrected chi connectivity index (χ4v) is 6.35. The van der Waals surface area contributed by atoms with Crippen molar-refractivity contribution in [1.29, 1.82) is 0 Å². The molecule has 2 saturated heterocycles. The zero-order valence-electron chi connectivity index (χ0n) is 25.5. The number of piperazine rings is 1. The van der Waals surface area contributed by atoms with Crippen LogP contribution in [0.3, 0.4) is 0 Å². The van der Waals surface area contributed by atoms with Gasteiger partial charge in [-0.25, -0.2) is 4.79 Å². The Hall–Kier alpha value is -3.79. The summed E-state index contributed by atoms with van der Waals surface area (Å²) in [4.78, 5) is 44.1. The Morgan fingerprint density at radius 3 is 2.16 bits per heavy atom. The van der Waals surface area contributed by atoms with Gasteiger partial charge in [0.2, 0.25) is 0 Å². The molecule has 2 heterocycles. The summed E-state index contributed by atoms with van der Waals surface area (Å²) in [6.07, 6.45) is 3.82. The topological polar surface area (TPSA) is 94.2 Å². The van der Waals surface area contributed by atoms with Crippen LogP contribution in [-0.2, 0) is 22.5 Å². The predicted molar refractivity (Wildman–Crippen MR) is 180 cm³/mol. The van der Waals surface area contributed by atoms with E-state index < -0.39 is 0 Å². The second-order valence-corrected chi connectivity index (χ2v) is 12.2. The number of carbonyl (C=O) groups is 3. The number of likely N-dealkylation sites (tertiary alicyclic amines) is 1. The van der Waals surface area contributed by atoms with Crippen LogP contribution in [0.4, 0.5) is 21.9 Å². The monoisotopic (exact) mass is 651 g/mol. The normalized spacial score (nSPS) is 15.4. The molecule has 0 bridgehead atoms. The minimum absolute atomic E-state index is 0.117. The van der Waals surface area contributed by atoms with Gasteiger partial charge in [0.1, 0.15) is 0 Å². The van der Waals surface area contributed by atoms with Crippen molar-refractivity contribution >= 4 is 58.2 Å². The lowest BCUT2D eigenvalue weighted by Crippen LogP contribution is -2.50. The van der Waals surface area contributed by atoms with Gasteiger partial charge in [0.05, 0.1) is 28.8 Å². The van der Waals surface area contributed by atoms with Crippen LogP contribution in [0.15, 0.2) is 60.7 Å². The number of hydrogen-bond acceptors (Lipinski definition) is 6. The molecule has 3 aromatic carbocycles. The third-order valence-corrected chi connectivity index (χ3v) is 8.69. The second-order valence-electron chi connectivity index (χ2n) is 11.4. The Labute approximate surface area is 274 Å². The summed E-state index contributed by atoms with van der Waals surface area (Å²) in [5.41, 5.74) is 4.33. The summed E-state index contributed by atoms with van der Waals surface area (Å²) in [6.45, 7) is 7.42. The van der Waals surface area contributed by atoms with Gasteiger partial charge in [0.15, 0.2) is 0 Å². The number of halogens is 2. The molecule has 11 heteroatoms. The van der Waals surface area contributed by atoms with Crippen molar-refractivity contribution in [2.45, 2.75) is 39.2 Å². The number of anilines is 3. The molecule has 9 nitrogen and oxygen atoms in total. The Bertz CT molecular complexity index is 1480. The average Bonchev–Trinajstić information content (AvgIpc) is 3.04. The lowest BCUT2D eigenvalue weighted by atomic mass is 10.1. The molecule has 2 aliphatic rings. The number of amides is 3. The lowest BCUT2D eigenvalue weighted by molar-refractivity contribution is -0.142. The highest BCUT2D eigenvalue weighted by atomic mass is 35.5. The molecule has 2 fully saturated rings. The quantitative estimate of drug-likeness (QED) is 0.250. The van der Waals surface area contributed by atoms with Crippen LogP contribution < -0.4 is 15.5 Å². The number of piperidine rings is 1. The van der Waals surface area contributed by atoms with Gasteiger partial charge in [0.25, 0.3) is 5.91 Å². The van der Waals surface area contributed by atoms with E-state index in [0.29, 0.717) is 59.8 Å². The summed E-state index contributed by atoms with van der Waals surface area (Å²) >= 11 is 13.1. The SMILES string of the molecule is CCOC(=O)Cc1cccc(C(=O)Nc2ccc(N3CCN(C(=O)Nc4c(Cl)cc(CN5CCCCC5)cc4Cl)CC3)cc2)c1. The number of nitrogens with one attached hydrogen (secondary N) is 2. The largest absolute Gasteiger partial charge is 0.466 e. The van der Waals surface area contributed by atoms with Gasteiger partial charge < -0.3 is 25.2 Å². The molecule has 3 amide bonds. The fourth-order valence-electron chi connectivity index (χ4n) is 5.73. The van der Waals surface area contributed by atoms with Gasteiger partial charge in [-0.2, -0.15) is 0 Å². The molecule has 45 heavy (non-hydrogen) atoms. The van der Waals surface area contributed by atoms with Crippen molar-refractivity contribution in [3.63, 3.8) is 0 Å². The third-order valence-electron chi connectivity index (χ3n) is 8.09. The van der Waals surface area contributed by atoms with Crippen LogP contribution in [0.25, 0.3) is 0 Å². The Morgan fingerprint density at radius 1 is 0.800 bits per heavy atom. The van der Waals surface area contributed by atoms with Crippen LogP contribution in [0.5, 0.6) is 0 Å². The number of hydrogen-bond donors (Lipinski definition) is 2. The number of benzene rings is 3. The molecule has 0 aromatic heterocycles. The summed E-state index contributed by atoms with van der Waals surface area (Å²) in [5, 5.41) is 6.72. The molecule has 2 N–H and O–H groups in total. The minimum atomic E-state index is -0.325. The first-order valence-electron chi connectivity index (χ1n) is 15.5. The molecule has 5 rings (SSSR count). The number of nitrogens with zero attached hydrogens (tertiary/aromatic N) is 3. The van der Waals surface area contributed by atoms with Crippen LogP contribution in [-0.4, -0.2) is 73.6 Å². The molecule has 2 aliphatic heterocycles. The fraction of sp³-hybridized carbons (Fsp3) is 0.382. The van der Waals surface area contributed by atoms with E-state index in [-0.39, 0.29) is 24.3 Å². The molecule has 0 saturated carbocycles. The highest BCUT2D eigenvalue weighted by molar-refractivity contribution is 6.39. The van der Waals surface area contributed by atoms with E-state index in [4.69, 9.17) is 27.9 Å². The van der Waals surface area contributed by atoms with E-state index in [1.54, 1.807) is 36.1 Å². The van der Waals surface area contributed by atoms with Gasteiger partial charge >= 0.3 is 12.0 Å². The minimum Gasteiger partial charge on any atom is -0.466 e. The van der Waals surface area contributed by atoms with E-state index >= 15 is 0 Å². The maximum atomic E-state index is 13.1. The maximum Gasteiger partial charge on any atom is 0.322 e. The van der Waals surface area contributed by atoms with Crippen molar-refractivity contribution in [3.05, 3.63) is 87.4 Å². The van der Waals surface area contributed by atoms with Crippen molar-refractivity contribution in [3.8, 4) is 0 Å². The Kier molecular flexibility index (Phi) is 11.2. The highest BCUT2D eigenvalue weighted by Crippen LogP contribution is 2.33. The summed E-state index contributed by atoms with van der Waals surface area (Å²) in [7, 11) is 0. The molecular formula is C34H39Cl2N5O4. The number of ether oxygens (including phenoxy) is 1. The maximum absolute atomic E-state index is 13.1. The molecule has 0 spiro atoms. The zero-order chi connectivity index (χ0) is 31.8. The van der Waals surface area contributed by atoms with Crippen molar-refractivity contribution in [2.75, 3.05) is 61.4 Å². The predicted octanol–water partition coefficient (Wildman–Crippen LogP) is 6.69. The second kappa shape index (κ2) is 15.5. The number of rotatable bonds is 9. The van der Waals surface area contributed by atoms with Crippen LogP contribution in [0.1, 0.15) is 47.7 Å². The van der Waals surface area contributed by atoms with Crippen molar-refractivity contribution < 1.29 is 19.1 Å². The third kappa shape index (κ3) is 8.90. The number of carbonyl (C=O) groups excluding carboxylic acids is 3. The molecular weight excluding hydrogens is 613 g/mol. The van der Waals surface area contributed by atoms with Gasteiger partial charge in [-0.1, -0.05) is 41.8 Å². The first-order chi connectivity index (χ1) is 21.8. The first kappa shape index (κ1) is 32.6. The summed E-state index contributed by atoms with van der Waals surface area (Å²) in [6, 6.07) is 18.1.